The Morgan fingerprint density at radius 1 is 1.39 bits per heavy atom. The van der Waals surface area contributed by atoms with Crippen molar-refractivity contribution in [2.24, 2.45) is 0 Å². The number of nitro groups is 1. The Balaban J connectivity index is 1.81. The summed E-state index contributed by atoms with van der Waals surface area (Å²) in [4.78, 5) is 26.6. The van der Waals surface area contributed by atoms with Crippen LogP contribution < -0.4 is 5.32 Å². The molecule has 0 aliphatic carbocycles. The van der Waals surface area contributed by atoms with E-state index in [-0.39, 0.29) is 16.5 Å². The summed E-state index contributed by atoms with van der Waals surface area (Å²) in [5.74, 6) is -0.441. The maximum atomic E-state index is 12.0. The number of carbonyl (C=O) groups excluding carboxylic acids is 1. The van der Waals surface area contributed by atoms with Crippen LogP contribution in [-0.2, 0) is 0 Å². The Labute approximate surface area is 138 Å². The number of nitro benzene ring substituents is 1. The van der Waals surface area contributed by atoms with Crippen LogP contribution in [0.1, 0.15) is 10.4 Å². The average molecular weight is 350 g/mol. The number of furan rings is 1. The highest BCUT2D eigenvalue weighted by molar-refractivity contribution is 7.14. The highest BCUT2D eigenvalue weighted by Gasteiger charge is 2.15. The van der Waals surface area contributed by atoms with Crippen LogP contribution in [0.15, 0.2) is 46.4 Å². The number of thiazole rings is 1. The molecule has 0 aliphatic heterocycles. The lowest BCUT2D eigenvalue weighted by atomic mass is 10.1. The van der Waals surface area contributed by atoms with Crippen molar-refractivity contribution in [1.29, 1.82) is 0 Å². The monoisotopic (exact) mass is 349 g/mol. The van der Waals surface area contributed by atoms with Crippen LogP contribution in [-0.4, -0.2) is 15.8 Å². The Morgan fingerprint density at radius 3 is 2.91 bits per heavy atom. The number of non-ortho nitro benzene ring substituents is 1. The molecule has 1 aromatic carbocycles. The lowest BCUT2D eigenvalue weighted by Gasteiger charge is -1.99. The largest absolute Gasteiger partial charge is 0.452 e. The van der Waals surface area contributed by atoms with Gasteiger partial charge in [-0.3, -0.25) is 20.2 Å². The molecule has 0 saturated carbocycles. The fourth-order valence-electron chi connectivity index (χ4n) is 1.86. The van der Waals surface area contributed by atoms with Crippen LogP contribution in [0.3, 0.4) is 0 Å². The first-order valence-electron chi connectivity index (χ1n) is 6.29. The molecule has 2 heterocycles. The molecule has 1 amide bonds. The van der Waals surface area contributed by atoms with E-state index in [0.29, 0.717) is 16.4 Å². The molecular weight excluding hydrogens is 342 g/mol. The Morgan fingerprint density at radius 2 is 2.22 bits per heavy atom. The van der Waals surface area contributed by atoms with Gasteiger partial charge in [-0.1, -0.05) is 12.1 Å². The van der Waals surface area contributed by atoms with E-state index in [1.807, 2.05) is 0 Å². The van der Waals surface area contributed by atoms with Crippen molar-refractivity contribution in [3.05, 3.63) is 62.9 Å². The van der Waals surface area contributed by atoms with E-state index >= 15 is 0 Å². The van der Waals surface area contributed by atoms with Gasteiger partial charge in [0.25, 0.3) is 11.6 Å². The second-order valence-corrected chi connectivity index (χ2v) is 5.61. The minimum atomic E-state index is -0.473. The molecule has 0 fully saturated rings. The topological polar surface area (TPSA) is 98.3 Å². The number of hydrogen-bond acceptors (Lipinski definition) is 6. The number of hydrogen-bond donors (Lipinski definition) is 1. The van der Waals surface area contributed by atoms with Crippen molar-refractivity contribution in [3.63, 3.8) is 0 Å². The zero-order valence-corrected chi connectivity index (χ0v) is 12.9. The predicted octanol–water partition coefficient (Wildman–Crippen LogP) is 4.22. The zero-order valence-electron chi connectivity index (χ0n) is 11.4. The second kappa shape index (κ2) is 6.19. The van der Waals surface area contributed by atoms with Crippen molar-refractivity contribution in [2.75, 3.05) is 5.32 Å². The molecule has 7 nitrogen and oxygen atoms in total. The summed E-state index contributed by atoms with van der Waals surface area (Å²) in [5, 5.41) is 15.5. The Kier molecular flexibility index (Phi) is 4.09. The molecule has 1 N–H and O–H groups in total. The molecule has 0 radical (unpaired) electrons. The summed E-state index contributed by atoms with van der Waals surface area (Å²) in [6.07, 6.45) is 1.31. The maximum absolute atomic E-state index is 12.0. The van der Waals surface area contributed by atoms with E-state index in [1.165, 1.54) is 35.8 Å². The number of carbonyl (C=O) groups is 1. The van der Waals surface area contributed by atoms with Crippen LogP contribution in [0.5, 0.6) is 0 Å². The minimum absolute atomic E-state index is 0.00189. The Bertz CT molecular complexity index is 890. The third-order valence-corrected chi connectivity index (χ3v) is 3.99. The molecule has 3 rings (SSSR count). The summed E-state index contributed by atoms with van der Waals surface area (Å²) in [6.45, 7) is 0. The first kappa shape index (κ1) is 15.2. The van der Waals surface area contributed by atoms with Crippen molar-refractivity contribution >= 4 is 39.7 Å². The molecule has 116 valence electrons. The van der Waals surface area contributed by atoms with Crippen LogP contribution in [0.25, 0.3) is 11.3 Å². The molecule has 0 spiro atoms. The lowest BCUT2D eigenvalue weighted by Crippen LogP contribution is -2.11. The molecule has 0 unspecified atom stereocenters. The molecule has 0 saturated heterocycles. The summed E-state index contributed by atoms with van der Waals surface area (Å²) < 4.78 is 4.86. The van der Waals surface area contributed by atoms with Gasteiger partial charge in [0.1, 0.15) is 0 Å². The van der Waals surface area contributed by atoms with Crippen molar-refractivity contribution in [2.45, 2.75) is 0 Å². The number of aromatic nitrogens is 1. The zero-order chi connectivity index (χ0) is 16.4. The molecule has 0 bridgehead atoms. The summed E-state index contributed by atoms with van der Waals surface area (Å²) >= 11 is 6.94. The van der Waals surface area contributed by atoms with E-state index in [9.17, 15) is 14.9 Å². The molecule has 9 heteroatoms. The standard InChI is InChI=1S/C14H8ClN3O4S/c15-12-10(4-5-22-12)13(19)17-14-16-11(7-23-14)8-2-1-3-9(6-8)18(20)21/h1-7H,(H,16,17,19). The first-order valence-corrected chi connectivity index (χ1v) is 7.55. The third-order valence-electron chi connectivity index (χ3n) is 2.94. The first-order chi connectivity index (χ1) is 11.0. The van der Waals surface area contributed by atoms with E-state index < -0.39 is 10.8 Å². The number of nitrogens with zero attached hydrogens (tertiary/aromatic N) is 2. The van der Waals surface area contributed by atoms with Crippen molar-refractivity contribution < 1.29 is 14.1 Å². The highest BCUT2D eigenvalue weighted by atomic mass is 35.5. The van der Waals surface area contributed by atoms with Crippen LogP contribution in [0.4, 0.5) is 10.8 Å². The van der Waals surface area contributed by atoms with Crippen LogP contribution in [0, 0.1) is 10.1 Å². The van der Waals surface area contributed by atoms with E-state index in [0.717, 1.165) is 0 Å². The number of rotatable bonds is 4. The Hall–Kier alpha value is -2.71. The van der Waals surface area contributed by atoms with Gasteiger partial charge in [0.15, 0.2) is 5.13 Å². The second-order valence-electron chi connectivity index (χ2n) is 4.41. The number of nitrogens with one attached hydrogen (secondary N) is 1. The molecule has 3 aromatic rings. The maximum Gasteiger partial charge on any atom is 0.270 e. The van der Waals surface area contributed by atoms with Gasteiger partial charge in [0, 0.05) is 23.1 Å². The van der Waals surface area contributed by atoms with Gasteiger partial charge in [-0.15, -0.1) is 11.3 Å². The normalized spacial score (nSPS) is 10.5. The number of benzene rings is 1. The van der Waals surface area contributed by atoms with E-state index in [2.05, 4.69) is 10.3 Å². The van der Waals surface area contributed by atoms with Gasteiger partial charge in [-0.05, 0) is 17.7 Å². The van der Waals surface area contributed by atoms with Gasteiger partial charge in [-0.2, -0.15) is 0 Å². The van der Waals surface area contributed by atoms with Crippen LogP contribution in [0.2, 0.25) is 5.22 Å². The fourth-order valence-corrected chi connectivity index (χ4v) is 2.78. The number of amides is 1. The van der Waals surface area contributed by atoms with Gasteiger partial charge < -0.3 is 4.42 Å². The van der Waals surface area contributed by atoms with Gasteiger partial charge in [-0.25, -0.2) is 4.98 Å². The minimum Gasteiger partial charge on any atom is -0.452 e. The average Bonchev–Trinajstić information content (AvgIpc) is 3.16. The summed E-state index contributed by atoms with van der Waals surface area (Å²) in [5.41, 5.74) is 1.31. The molecule has 0 atom stereocenters. The van der Waals surface area contributed by atoms with Crippen molar-refractivity contribution in [1.82, 2.24) is 4.98 Å². The predicted molar refractivity (Wildman–Crippen MR) is 85.9 cm³/mol. The summed E-state index contributed by atoms with van der Waals surface area (Å²) in [6, 6.07) is 7.57. The van der Waals surface area contributed by atoms with Gasteiger partial charge in [0.2, 0.25) is 5.22 Å². The number of halogens is 1. The molecular formula is C14H8ClN3O4S. The molecule has 23 heavy (non-hydrogen) atoms. The third kappa shape index (κ3) is 3.22. The summed E-state index contributed by atoms with van der Waals surface area (Å²) in [7, 11) is 0. The van der Waals surface area contributed by atoms with E-state index in [4.69, 9.17) is 16.0 Å². The van der Waals surface area contributed by atoms with Crippen LogP contribution >= 0.6 is 22.9 Å². The molecule has 2 aromatic heterocycles. The molecule has 0 aliphatic rings. The highest BCUT2D eigenvalue weighted by Crippen LogP contribution is 2.28. The lowest BCUT2D eigenvalue weighted by molar-refractivity contribution is -0.384. The van der Waals surface area contributed by atoms with Gasteiger partial charge in [0.05, 0.1) is 22.4 Å². The van der Waals surface area contributed by atoms with E-state index in [1.54, 1.807) is 17.5 Å². The SMILES string of the molecule is O=C(Nc1nc(-c2cccc([N+](=O)[O-])c2)cs1)c1ccoc1Cl. The van der Waals surface area contributed by atoms with Crippen molar-refractivity contribution in [3.8, 4) is 11.3 Å². The smallest absolute Gasteiger partial charge is 0.270 e. The number of anilines is 1. The quantitative estimate of drug-likeness (QED) is 0.561. The van der Waals surface area contributed by atoms with Gasteiger partial charge >= 0.3 is 0 Å². The fraction of sp³-hybridized carbons (Fsp3) is 0.